The summed E-state index contributed by atoms with van der Waals surface area (Å²) in [5, 5.41) is 9.84. The second-order valence-electron chi connectivity index (χ2n) is 5.15. The molecule has 1 atom stereocenters. The van der Waals surface area contributed by atoms with E-state index in [0.29, 0.717) is 32.2 Å². The number of halogens is 2. The predicted molar refractivity (Wildman–Crippen MR) is 79.8 cm³/mol. The first-order valence-corrected chi connectivity index (χ1v) is 7.55. The molecule has 1 aromatic heterocycles. The van der Waals surface area contributed by atoms with Crippen LogP contribution in [0.25, 0.3) is 0 Å². The van der Waals surface area contributed by atoms with Crippen LogP contribution in [0.1, 0.15) is 43.0 Å². The molecule has 1 aliphatic heterocycles. The van der Waals surface area contributed by atoms with Gasteiger partial charge in [-0.3, -0.25) is 4.79 Å². The van der Waals surface area contributed by atoms with Crippen molar-refractivity contribution in [3.63, 3.8) is 0 Å². The Morgan fingerprint density at radius 2 is 2.00 bits per heavy atom. The van der Waals surface area contributed by atoms with Crippen molar-refractivity contribution in [1.29, 1.82) is 0 Å². The van der Waals surface area contributed by atoms with Crippen molar-refractivity contribution in [1.82, 2.24) is 9.88 Å². The Bertz CT molecular complexity index is 559. The number of aromatic nitrogens is 1. The number of carboxylic acids is 1. The summed E-state index contributed by atoms with van der Waals surface area (Å²) in [5.41, 5.74) is -0.864. The number of aliphatic carboxylic acids is 1. The summed E-state index contributed by atoms with van der Waals surface area (Å²) in [6.45, 7) is 2.33. The topological polar surface area (TPSA) is 70.5 Å². The van der Waals surface area contributed by atoms with Gasteiger partial charge in [-0.15, -0.1) is 0 Å². The zero-order valence-electron chi connectivity index (χ0n) is 11.6. The Balaban J connectivity index is 2.38. The fourth-order valence-electron chi connectivity index (χ4n) is 2.92. The normalized spacial score (nSPS) is 21.6. The minimum Gasteiger partial charge on any atom is -0.479 e. The molecule has 2 rings (SSSR count). The second-order valence-corrected chi connectivity index (χ2v) is 5.92. The first-order valence-electron chi connectivity index (χ1n) is 6.79. The van der Waals surface area contributed by atoms with Crippen LogP contribution in [0.5, 0.6) is 0 Å². The number of amides is 1. The van der Waals surface area contributed by atoms with Gasteiger partial charge in [0.2, 0.25) is 0 Å². The number of carbonyl (C=O) groups excluding carboxylic acids is 1. The monoisotopic (exact) mass is 330 g/mol. The molecule has 2 heterocycles. The molecule has 1 fully saturated rings. The summed E-state index contributed by atoms with van der Waals surface area (Å²) in [7, 11) is 0. The molecule has 1 aromatic rings. The molecule has 1 amide bonds. The van der Waals surface area contributed by atoms with Gasteiger partial charge in [-0.1, -0.05) is 36.5 Å². The van der Waals surface area contributed by atoms with Crippen molar-refractivity contribution >= 4 is 35.1 Å². The fraction of sp³-hybridized carbons (Fsp3) is 0.500. The predicted octanol–water partition coefficient (Wildman–Crippen LogP) is 3.25. The molecule has 0 saturated carbocycles. The molecule has 1 N–H and O–H groups in total. The lowest BCUT2D eigenvalue weighted by Gasteiger charge is -2.34. The largest absolute Gasteiger partial charge is 0.479 e. The van der Waals surface area contributed by atoms with E-state index in [9.17, 15) is 14.7 Å². The van der Waals surface area contributed by atoms with E-state index in [1.54, 1.807) is 0 Å². The third-order valence-electron chi connectivity index (χ3n) is 3.81. The number of likely N-dealkylation sites (tertiary alicyclic amines) is 1. The molecule has 0 radical (unpaired) electrons. The van der Waals surface area contributed by atoms with Gasteiger partial charge < -0.3 is 10.0 Å². The summed E-state index contributed by atoms with van der Waals surface area (Å²) in [4.78, 5) is 29.6. The zero-order chi connectivity index (χ0) is 15.6. The lowest BCUT2D eigenvalue weighted by atomic mass is 9.90. The number of carbonyl (C=O) groups is 2. The molecular formula is C14H16Cl2N2O3. The molecule has 0 aromatic carbocycles. The standard InChI is InChI=1S/C14H16Cl2N2O3/c1-2-4-14(13(20)21)5-3-6-18(14)12(19)9-7-10(15)17-11(16)8-9/h7-8H,2-6H2,1H3,(H,20,21). The molecule has 21 heavy (non-hydrogen) atoms. The van der Waals surface area contributed by atoms with E-state index in [1.165, 1.54) is 17.0 Å². The lowest BCUT2D eigenvalue weighted by molar-refractivity contribution is -0.148. The van der Waals surface area contributed by atoms with E-state index in [1.807, 2.05) is 6.92 Å². The highest BCUT2D eigenvalue weighted by molar-refractivity contribution is 6.33. The molecule has 0 bridgehead atoms. The van der Waals surface area contributed by atoms with Gasteiger partial charge in [-0.2, -0.15) is 0 Å². The highest BCUT2D eigenvalue weighted by atomic mass is 35.5. The van der Waals surface area contributed by atoms with Crippen molar-refractivity contribution in [2.45, 2.75) is 38.1 Å². The van der Waals surface area contributed by atoms with Gasteiger partial charge in [-0.05, 0) is 31.4 Å². The van der Waals surface area contributed by atoms with Gasteiger partial charge >= 0.3 is 5.97 Å². The Kier molecular flexibility index (Phi) is 4.74. The summed E-state index contributed by atoms with van der Waals surface area (Å²) in [5.74, 6) is -1.32. The van der Waals surface area contributed by atoms with Crippen LogP contribution >= 0.6 is 23.2 Å². The first kappa shape index (κ1) is 16.0. The van der Waals surface area contributed by atoms with Gasteiger partial charge in [0, 0.05) is 12.1 Å². The van der Waals surface area contributed by atoms with Crippen LogP contribution in [-0.2, 0) is 4.79 Å². The Morgan fingerprint density at radius 3 is 2.52 bits per heavy atom. The highest BCUT2D eigenvalue weighted by Crippen LogP contribution is 2.35. The molecule has 5 nitrogen and oxygen atoms in total. The number of pyridine rings is 1. The van der Waals surface area contributed by atoms with E-state index in [-0.39, 0.29) is 21.8 Å². The third-order valence-corrected chi connectivity index (χ3v) is 4.19. The fourth-order valence-corrected chi connectivity index (χ4v) is 3.38. The van der Waals surface area contributed by atoms with Crippen molar-refractivity contribution in [2.24, 2.45) is 0 Å². The van der Waals surface area contributed by atoms with Crippen molar-refractivity contribution < 1.29 is 14.7 Å². The van der Waals surface area contributed by atoms with Gasteiger partial charge in [0.1, 0.15) is 15.8 Å². The number of hydrogen-bond donors (Lipinski definition) is 1. The van der Waals surface area contributed by atoms with Crippen molar-refractivity contribution in [2.75, 3.05) is 6.54 Å². The van der Waals surface area contributed by atoms with Crippen molar-refractivity contribution in [3.05, 3.63) is 28.0 Å². The van der Waals surface area contributed by atoms with E-state index in [4.69, 9.17) is 23.2 Å². The minimum absolute atomic E-state index is 0.112. The van der Waals surface area contributed by atoms with Crippen LogP contribution in [0.15, 0.2) is 12.1 Å². The van der Waals surface area contributed by atoms with Crippen LogP contribution in [-0.4, -0.2) is 39.0 Å². The average molecular weight is 331 g/mol. The van der Waals surface area contributed by atoms with Crippen LogP contribution in [0.2, 0.25) is 10.3 Å². The smallest absolute Gasteiger partial charge is 0.329 e. The molecule has 114 valence electrons. The maximum atomic E-state index is 12.7. The molecule has 7 heteroatoms. The van der Waals surface area contributed by atoms with E-state index in [2.05, 4.69) is 4.98 Å². The maximum Gasteiger partial charge on any atom is 0.329 e. The van der Waals surface area contributed by atoms with Gasteiger partial charge in [0.15, 0.2) is 0 Å². The van der Waals surface area contributed by atoms with Gasteiger partial charge in [-0.25, -0.2) is 9.78 Å². The maximum absolute atomic E-state index is 12.7. The SMILES string of the molecule is CCCC1(C(=O)O)CCCN1C(=O)c1cc(Cl)nc(Cl)c1. The molecule has 0 aliphatic carbocycles. The summed E-state index contributed by atoms with van der Waals surface area (Å²) >= 11 is 11.6. The molecule has 1 unspecified atom stereocenters. The third kappa shape index (κ3) is 2.99. The average Bonchev–Trinajstić information content (AvgIpc) is 2.82. The lowest BCUT2D eigenvalue weighted by Crippen LogP contribution is -2.53. The van der Waals surface area contributed by atoms with Crippen LogP contribution in [0, 0.1) is 0 Å². The minimum atomic E-state index is -1.13. The quantitative estimate of drug-likeness (QED) is 0.860. The van der Waals surface area contributed by atoms with Crippen LogP contribution in [0.3, 0.4) is 0 Å². The van der Waals surface area contributed by atoms with Crippen LogP contribution in [0.4, 0.5) is 0 Å². The number of carboxylic acid groups (broad SMARTS) is 1. The number of rotatable bonds is 4. The summed E-state index contributed by atoms with van der Waals surface area (Å²) in [6, 6.07) is 2.82. The van der Waals surface area contributed by atoms with Gasteiger partial charge in [0.25, 0.3) is 5.91 Å². The molecule has 1 saturated heterocycles. The molecular weight excluding hydrogens is 315 g/mol. The van der Waals surface area contributed by atoms with Crippen LogP contribution < -0.4 is 0 Å². The number of hydrogen-bond acceptors (Lipinski definition) is 3. The van der Waals surface area contributed by atoms with E-state index in [0.717, 1.165) is 0 Å². The number of nitrogens with zero attached hydrogens (tertiary/aromatic N) is 2. The van der Waals surface area contributed by atoms with Gasteiger partial charge in [0.05, 0.1) is 0 Å². The highest BCUT2D eigenvalue weighted by Gasteiger charge is 2.49. The van der Waals surface area contributed by atoms with E-state index >= 15 is 0 Å². The van der Waals surface area contributed by atoms with Crippen molar-refractivity contribution in [3.8, 4) is 0 Å². The second kappa shape index (κ2) is 6.20. The molecule has 0 spiro atoms. The Morgan fingerprint density at radius 1 is 1.38 bits per heavy atom. The summed E-state index contributed by atoms with van der Waals surface area (Å²) in [6.07, 6.45) is 2.26. The zero-order valence-corrected chi connectivity index (χ0v) is 13.1. The Hall–Kier alpha value is -1.33. The Labute approximate surface area is 132 Å². The summed E-state index contributed by atoms with van der Waals surface area (Å²) < 4.78 is 0. The van der Waals surface area contributed by atoms with E-state index < -0.39 is 11.5 Å². The molecule has 1 aliphatic rings. The first-order chi connectivity index (χ1) is 9.90.